The number of hydrogen-bond donors (Lipinski definition) is 2. The van der Waals surface area contributed by atoms with Crippen molar-refractivity contribution < 1.29 is 35.2 Å². The van der Waals surface area contributed by atoms with Gasteiger partial charge in [-0.3, -0.25) is 9.59 Å². The molecule has 8 aromatic rings. The molecule has 0 spiro atoms. The fraction of sp³-hybridized carbons (Fsp3) is 0.310. The number of rotatable bonds is 13. The Morgan fingerprint density at radius 3 is 1.38 bits per heavy atom. The van der Waals surface area contributed by atoms with Crippen molar-refractivity contribution in [2.45, 2.75) is 94.0 Å². The maximum atomic E-state index is 13.4. The van der Waals surface area contributed by atoms with Crippen LogP contribution in [0.1, 0.15) is 82.5 Å². The number of benzene rings is 6. The SMILES string of the molecule is CCN(CC)CC.N[C@H]1CC(=O)N(c2ccc3c(cnn3-c3ccc(F)cc3)c2)[C@@H]1c1ccccc1.O=C1C[C@H](NS(=O)(=O)C2CC2)[C@@H](c2ccccc2)N1c1ccc2c(cnn2-c2ccc(F)cc2)c1.O=S(=O)(Cl)C1CC1. The summed E-state index contributed by atoms with van der Waals surface area (Å²) in [7, 11) is -1.73. The van der Waals surface area contributed by atoms with Crippen molar-refractivity contribution in [3.05, 3.63) is 181 Å². The predicted molar refractivity (Wildman–Crippen MR) is 303 cm³/mol. The van der Waals surface area contributed by atoms with E-state index in [2.05, 4.69) is 40.6 Å². The number of nitrogens with zero attached hydrogens (tertiary/aromatic N) is 7. The summed E-state index contributed by atoms with van der Waals surface area (Å²) in [6.07, 6.45) is 6.67. The number of sulfonamides is 1. The Bertz CT molecular complexity index is 3590. The van der Waals surface area contributed by atoms with Gasteiger partial charge in [-0.15, -0.1) is 0 Å². The molecule has 4 aliphatic rings. The van der Waals surface area contributed by atoms with Gasteiger partial charge in [-0.05, 0) is 141 Å². The molecule has 2 saturated heterocycles. The van der Waals surface area contributed by atoms with E-state index in [0.717, 1.165) is 62.8 Å². The molecule has 408 valence electrons. The monoisotopic (exact) mass is 1120 g/mol. The van der Waals surface area contributed by atoms with Gasteiger partial charge in [-0.2, -0.15) is 10.2 Å². The highest BCUT2D eigenvalue weighted by molar-refractivity contribution is 8.14. The largest absolute Gasteiger partial charge is 0.325 e. The molecule has 0 radical (unpaired) electrons. The molecule has 4 atom stereocenters. The van der Waals surface area contributed by atoms with Crippen molar-refractivity contribution >= 4 is 74.8 Å². The zero-order valence-corrected chi connectivity index (χ0v) is 45.8. The first-order chi connectivity index (χ1) is 37.5. The Hall–Kier alpha value is -6.87. The van der Waals surface area contributed by atoms with Gasteiger partial charge in [0.25, 0.3) is 0 Å². The lowest BCUT2D eigenvalue weighted by Crippen LogP contribution is -2.41. The predicted octanol–water partition coefficient (Wildman–Crippen LogP) is 10.1. The highest BCUT2D eigenvalue weighted by atomic mass is 35.7. The van der Waals surface area contributed by atoms with Crippen molar-refractivity contribution in [1.29, 1.82) is 0 Å². The van der Waals surface area contributed by atoms with E-state index in [-0.39, 0.29) is 52.5 Å². The van der Waals surface area contributed by atoms with Crippen LogP contribution in [0.2, 0.25) is 0 Å². The summed E-state index contributed by atoms with van der Waals surface area (Å²) in [5.41, 5.74) is 12.9. The van der Waals surface area contributed by atoms with Crippen LogP contribution in [0.3, 0.4) is 0 Å². The second-order valence-electron chi connectivity index (χ2n) is 19.6. The maximum Gasteiger partial charge on any atom is 0.235 e. The van der Waals surface area contributed by atoms with Crippen LogP contribution in [0.15, 0.2) is 158 Å². The van der Waals surface area contributed by atoms with Gasteiger partial charge in [-0.25, -0.2) is 39.7 Å². The lowest BCUT2D eigenvalue weighted by Gasteiger charge is -2.29. The van der Waals surface area contributed by atoms with E-state index in [1.54, 1.807) is 55.8 Å². The molecule has 15 nitrogen and oxygen atoms in total. The molecule has 4 fully saturated rings. The van der Waals surface area contributed by atoms with Crippen molar-refractivity contribution in [2.75, 3.05) is 29.4 Å². The summed E-state index contributed by atoms with van der Waals surface area (Å²) in [5.74, 6) is -0.744. The number of nitrogens with one attached hydrogen (secondary N) is 1. The van der Waals surface area contributed by atoms with Gasteiger partial charge in [0, 0.05) is 51.7 Å². The highest BCUT2D eigenvalue weighted by Gasteiger charge is 2.46. The van der Waals surface area contributed by atoms with Gasteiger partial charge < -0.3 is 20.4 Å². The van der Waals surface area contributed by atoms with Gasteiger partial charge in [0.1, 0.15) is 11.6 Å². The van der Waals surface area contributed by atoms with Gasteiger partial charge in [0.05, 0.1) is 63.4 Å². The second kappa shape index (κ2) is 24.0. The third-order valence-corrected chi connectivity index (χ3v) is 18.3. The fourth-order valence-electron chi connectivity index (χ4n) is 9.91. The maximum absolute atomic E-state index is 13.4. The molecule has 3 N–H and O–H groups in total. The van der Waals surface area contributed by atoms with Crippen LogP contribution < -0.4 is 20.3 Å². The number of carbonyl (C=O) groups excluding carboxylic acids is 2. The zero-order chi connectivity index (χ0) is 55.3. The number of nitrogens with two attached hydrogens (primary N) is 1. The molecule has 6 aromatic carbocycles. The summed E-state index contributed by atoms with van der Waals surface area (Å²) < 4.78 is 78.7. The molecule has 0 bridgehead atoms. The molecular weight excluding hydrogens is 1060 g/mol. The smallest absolute Gasteiger partial charge is 0.235 e. The molecular formula is C58H62ClF2N9O6S2. The normalized spacial score (nSPS) is 19.3. The minimum absolute atomic E-state index is 0.0108. The van der Waals surface area contributed by atoms with Gasteiger partial charge in [-0.1, -0.05) is 81.4 Å². The first-order valence-corrected chi connectivity index (χ1v) is 30.0. The lowest BCUT2D eigenvalue weighted by atomic mass is 10.0. The second-order valence-corrected chi connectivity index (χ2v) is 24.5. The summed E-state index contributed by atoms with van der Waals surface area (Å²) >= 11 is 0. The molecule has 20 heteroatoms. The first kappa shape index (κ1) is 55.9. The average Bonchev–Trinajstić information content (AvgIpc) is 4.37. The van der Waals surface area contributed by atoms with E-state index >= 15 is 0 Å². The first-order valence-electron chi connectivity index (χ1n) is 26.1. The van der Waals surface area contributed by atoms with E-state index < -0.39 is 31.2 Å². The third kappa shape index (κ3) is 12.8. The molecule has 4 heterocycles. The van der Waals surface area contributed by atoms with Gasteiger partial charge >= 0.3 is 0 Å². The van der Waals surface area contributed by atoms with Crippen molar-refractivity contribution in [3.63, 3.8) is 0 Å². The van der Waals surface area contributed by atoms with Crippen LogP contribution in [0, 0.1) is 11.6 Å². The van der Waals surface area contributed by atoms with Crippen molar-refractivity contribution in [1.82, 2.24) is 29.2 Å². The number of hydrogen-bond acceptors (Lipinski definition) is 10. The standard InChI is InChI=1S/C26H23FN4O3S.C23H19FN4O.C6H15N.C3H5ClO2S/c27-19-6-8-20(9-7-19)31-24-13-10-21(14-18(24)16-28-31)30-25(32)15-23(29-35(33,34)22-11-12-22)26(30)17-4-2-1-3-5-17;24-17-6-8-18(9-7-17)28-21-11-10-19(12-16(21)14-26-28)27-22(29)13-20(25)23(27)15-4-2-1-3-5-15;1-4-7(5-2)6-3;4-7(5,6)3-1-2-3/h1-10,13-14,16,22-23,26,29H,11-12,15H2;1-12,14,20,23H,13,25H2;4-6H2,1-3H3;3H,1-2H2/t23-,26+;20-,23+;;/m00../s1. The lowest BCUT2D eigenvalue weighted by molar-refractivity contribution is -0.118. The Labute approximate surface area is 458 Å². The Balaban J connectivity index is 0.000000154. The molecule has 2 aliphatic carbocycles. The average molecular weight is 1120 g/mol. The van der Waals surface area contributed by atoms with E-state index in [0.29, 0.717) is 24.9 Å². The number of fused-ring (bicyclic) bond motifs is 2. The van der Waals surface area contributed by atoms with Crippen LogP contribution in [-0.4, -0.2) is 95.3 Å². The molecule has 78 heavy (non-hydrogen) atoms. The highest BCUT2D eigenvalue weighted by Crippen LogP contribution is 2.41. The van der Waals surface area contributed by atoms with Crippen LogP contribution >= 0.6 is 10.7 Å². The van der Waals surface area contributed by atoms with Crippen molar-refractivity contribution in [3.8, 4) is 11.4 Å². The summed E-state index contributed by atoms with van der Waals surface area (Å²) in [6.45, 7) is 10.1. The van der Waals surface area contributed by atoms with E-state index in [1.807, 2.05) is 97.1 Å². The summed E-state index contributed by atoms with van der Waals surface area (Å²) in [6, 6.07) is 41.5. The summed E-state index contributed by atoms with van der Waals surface area (Å²) in [4.78, 5) is 31.9. The van der Waals surface area contributed by atoms with E-state index in [1.165, 1.54) is 43.9 Å². The minimum Gasteiger partial charge on any atom is -0.325 e. The number of halogens is 3. The number of amides is 2. The Morgan fingerprint density at radius 2 is 0.987 bits per heavy atom. The van der Waals surface area contributed by atoms with Crippen LogP contribution in [0.5, 0.6) is 0 Å². The van der Waals surface area contributed by atoms with Gasteiger partial charge in [0.15, 0.2) is 0 Å². The van der Waals surface area contributed by atoms with E-state index in [4.69, 9.17) is 16.4 Å². The van der Waals surface area contributed by atoms with Crippen LogP contribution in [0.25, 0.3) is 33.2 Å². The molecule has 0 unspecified atom stereocenters. The van der Waals surface area contributed by atoms with E-state index in [9.17, 15) is 35.2 Å². The Kier molecular flexibility index (Phi) is 17.2. The number of aromatic nitrogens is 4. The zero-order valence-electron chi connectivity index (χ0n) is 43.4. The third-order valence-electron chi connectivity index (χ3n) is 14.3. The number of carbonyl (C=O) groups is 2. The number of anilines is 2. The quantitative estimate of drug-likeness (QED) is 0.105. The topological polar surface area (TPSA) is 186 Å². The summed E-state index contributed by atoms with van der Waals surface area (Å²) in [5, 5.41) is 10.0. The van der Waals surface area contributed by atoms with Crippen LogP contribution in [0.4, 0.5) is 20.2 Å². The molecule has 2 saturated carbocycles. The molecule has 2 aromatic heterocycles. The fourth-order valence-corrected chi connectivity index (χ4v) is 12.7. The van der Waals surface area contributed by atoms with Gasteiger partial charge in [0.2, 0.25) is 30.9 Å². The Morgan fingerprint density at radius 1 is 0.577 bits per heavy atom. The molecule has 2 aliphatic heterocycles. The van der Waals surface area contributed by atoms with Crippen LogP contribution in [-0.2, 0) is 28.7 Å². The molecule has 12 rings (SSSR count). The minimum atomic E-state index is -3.47. The molecule has 2 amide bonds. The van der Waals surface area contributed by atoms with Crippen molar-refractivity contribution in [2.24, 2.45) is 5.73 Å².